The molecule has 0 aliphatic heterocycles. The van der Waals surface area contributed by atoms with Gasteiger partial charge in [-0.2, -0.15) is 5.26 Å². The Morgan fingerprint density at radius 3 is 2.15 bits per heavy atom. The lowest BCUT2D eigenvalue weighted by Gasteiger charge is -2.20. The number of rotatable bonds is 4. The quantitative estimate of drug-likeness (QED) is 0.841. The molecule has 0 heterocycles. The van der Waals surface area contributed by atoms with Gasteiger partial charge in [-0.05, 0) is 36.1 Å². The normalized spacial score (nSPS) is 15.3. The highest BCUT2D eigenvalue weighted by Gasteiger charge is 2.37. The molecule has 0 saturated heterocycles. The number of fused-ring (bicyclic) bond motifs is 1. The van der Waals surface area contributed by atoms with Gasteiger partial charge < -0.3 is 4.74 Å². The fourth-order valence-electron chi connectivity index (χ4n) is 2.89. The maximum atomic E-state index is 9.58. The van der Waals surface area contributed by atoms with Crippen LogP contribution >= 0.6 is 0 Å². The molecular weight excluding hydrogens is 246 g/mol. The summed E-state index contributed by atoms with van der Waals surface area (Å²) in [7, 11) is 0. The smallest absolute Gasteiger partial charge is 0.119 e. The van der Waals surface area contributed by atoms with Crippen molar-refractivity contribution in [2.75, 3.05) is 6.61 Å². The van der Waals surface area contributed by atoms with E-state index in [2.05, 4.69) is 18.2 Å². The number of hydrogen-bond acceptors (Lipinski definition) is 2. The zero-order valence-corrected chi connectivity index (χ0v) is 11.4. The molecule has 0 amide bonds. The lowest BCUT2D eigenvalue weighted by Crippen LogP contribution is -2.22. The minimum atomic E-state index is -0.293. The molecule has 0 radical (unpaired) electrons. The van der Waals surface area contributed by atoms with Crippen molar-refractivity contribution in [1.82, 2.24) is 0 Å². The highest BCUT2D eigenvalue weighted by molar-refractivity contribution is 5.37. The van der Waals surface area contributed by atoms with Crippen molar-refractivity contribution in [3.05, 3.63) is 65.7 Å². The van der Waals surface area contributed by atoms with Crippen LogP contribution in [0.3, 0.4) is 0 Å². The van der Waals surface area contributed by atoms with Crippen LogP contribution in [0, 0.1) is 16.7 Å². The SMILES string of the molecule is N#CC1(CCOc2ccccc2)Cc2ccccc2C1. The summed E-state index contributed by atoms with van der Waals surface area (Å²) in [5, 5.41) is 9.58. The van der Waals surface area contributed by atoms with Gasteiger partial charge in [0.25, 0.3) is 0 Å². The molecule has 3 rings (SSSR count). The lowest BCUT2D eigenvalue weighted by atomic mass is 9.83. The van der Waals surface area contributed by atoms with Gasteiger partial charge in [-0.3, -0.25) is 0 Å². The Morgan fingerprint density at radius 1 is 0.950 bits per heavy atom. The van der Waals surface area contributed by atoms with Crippen molar-refractivity contribution in [3.63, 3.8) is 0 Å². The Labute approximate surface area is 119 Å². The number of nitrogens with zero attached hydrogens (tertiary/aromatic N) is 1. The molecule has 0 unspecified atom stereocenters. The van der Waals surface area contributed by atoms with Gasteiger partial charge in [0.2, 0.25) is 0 Å². The van der Waals surface area contributed by atoms with Gasteiger partial charge in [0.05, 0.1) is 18.1 Å². The Bertz CT molecular complexity index is 602. The van der Waals surface area contributed by atoms with E-state index in [1.54, 1.807) is 0 Å². The van der Waals surface area contributed by atoms with Crippen LogP contribution in [0.1, 0.15) is 17.5 Å². The van der Waals surface area contributed by atoms with Gasteiger partial charge in [-0.15, -0.1) is 0 Å². The van der Waals surface area contributed by atoms with Crippen LogP contribution in [0.2, 0.25) is 0 Å². The van der Waals surface area contributed by atoms with Crippen molar-refractivity contribution < 1.29 is 4.74 Å². The Balaban J connectivity index is 1.63. The fraction of sp³-hybridized carbons (Fsp3) is 0.278. The molecule has 0 N–H and O–H groups in total. The molecule has 0 atom stereocenters. The van der Waals surface area contributed by atoms with Crippen molar-refractivity contribution in [2.45, 2.75) is 19.3 Å². The summed E-state index contributed by atoms with van der Waals surface area (Å²) >= 11 is 0. The summed E-state index contributed by atoms with van der Waals surface area (Å²) in [6.07, 6.45) is 2.46. The number of benzene rings is 2. The standard InChI is InChI=1S/C18H17NO/c19-14-18(10-11-20-17-8-2-1-3-9-17)12-15-6-4-5-7-16(15)13-18/h1-9H,10-13H2. The molecule has 2 nitrogen and oxygen atoms in total. The third-order valence-electron chi connectivity index (χ3n) is 4.01. The maximum Gasteiger partial charge on any atom is 0.119 e. The molecule has 2 heteroatoms. The van der Waals surface area contributed by atoms with Crippen LogP contribution in [0.15, 0.2) is 54.6 Å². The summed E-state index contributed by atoms with van der Waals surface area (Å²) in [6.45, 7) is 0.589. The van der Waals surface area contributed by atoms with E-state index in [4.69, 9.17) is 4.74 Å². The van der Waals surface area contributed by atoms with Gasteiger partial charge in [0.1, 0.15) is 5.75 Å². The first-order valence-corrected chi connectivity index (χ1v) is 6.97. The van der Waals surface area contributed by atoms with E-state index < -0.39 is 0 Å². The number of para-hydroxylation sites is 1. The summed E-state index contributed by atoms with van der Waals surface area (Å²) in [6, 6.07) is 20.7. The fourth-order valence-corrected chi connectivity index (χ4v) is 2.89. The molecule has 0 saturated carbocycles. The second kappa shape index (κ2) is 5.38. The third kappa shape index (κ3) is 2.53. The molecular formula is C18H17NO. The van der Waals surface area contributed by atoms with E-state index in [1.807, 2.05) is 42.5 Å². The van der Waals surface area contributed by atoms with Gasteiger partial charge in [-0.25, -0.2) is 0 Å². The maximum absolute atomic E-state index is 9.58. The number of ether oxygens (including phenoxy) is 1. The largest absolute Gasteiger partial charge is 0.494 e. The summed E-state index contributed by atoms with van der Waals surface area (Å²) in [5.41, 5.74) is 2.33. The van der Waals surface area contributed by atoms with E-state index in [0.29, 0.717) is 6.61 Å². The average molecular weight is 263 g/mol. The van der Waals surface area contributed by atoms with E-state index in [9.17, 15) is 5.26 Å². The Morgan fingerprint density at radius 2 is 1.55 bits per heavy atom. The predicted molar refractivity (Wildman–Crippen MR) is 78.5 cm³/mol. The van der Waals surface area contributed by atoms with Gasteiger partial charge in [0, 0.05) is 6.42 Å². The third-order valence-corrected chi connectivity index (χ3v) is 4.01. The van der Waals surface area contributed by atoms with E-state index in [1.165, 1.54) is 11.1 Å². The average Bonchev–Trinajstić information content (AvgIpc) is 2.87. The Hall–Kier alpha value is -2.27. The first-order chi connectivity index (χ1) is 9.81. The second-order valence-electron chi connectivity index (χ2n) is 5.43. The van der Waals surface area contributed by atoms with Crippen molar-refractivity contribution in [1.29, 1.82) is 5.26 Å². The molecule has 0 spiro atoms. The first-order valence-electron chi connectivity index (χ1n) is 6.97. The van der Waals surface area contributed by atoms with Crippen LogP contribution in [0.5, 0.6) is 5.75 Å². The highest BCUT2D eigenvalue weighted by Crippen LogP contribution is 2.39. The van der Waals surface area contributed by atoms with Crippen LogP contribution in [-0.2, 0) is 12.8 Å². The van der Waals surface area contributed by atoms with E-state index in [-0.39, 0.29) is 5.41 Å². The van der Waals surface area contributed by atoms with Crippen LogP contribution in [-0.4, -0.2) is 6.61 Å². The minimum absolute atomic E-state index is 0.293. The van der Waals surface area contributed by atoms with E-state index in [0.717, 1.165) is 25.0 Å². The summed E-state index contributed by atoms with van der Waals surface area (Å²) in [4.78, 5) is 0. The van der Waals surface area contributed by atoms with Crippen LogP contribution < -0.4 is 4.74 Å². The number of hydrogen-bond donors (Lipinski definition) is 0. The molecule has 0 aromatic heterocycles. The van der Waals surface area contributed by atoms with Crippen molar-refractivity contribution in [3.8, 4) is 11.8 Å². The summed E-state index contributed by atoms with van der Waals surface area (Å²) < 4.78 is 5.74. The van der Waals surface area contributed by atoms with Crippen LogP contribution in [0.25, 0.3) is 0 Å². The Kier molecular flexibility index (Phi) is 3.43. The van der Waals surface area contributed by atoms with E-state index >= 15 is 0 Å². The topological polar surface area (TPSA) is 33.0 Å². The highest BCUT2D eigenvalue weighted by atomic mass is 16.5. The van der Waals surface area contributed by atoms with Gasteiger partial charge >= 0.3 is 0 Å². The van der Waals surface area contributed by atoms with Gasteiger partial charge in [-0.1, -0.05) is 42.5 Å². The van der Waals surface area contributed by atoms with Crippen LogP contribution in [0.4, 0.5) is 0 Å². The first kappa shape index (κ1) is 12.7. The summed E-state index contributed by atoms with van der Waals surface area (Å²) in [5.74, 6) is 0.871. The van der Waals surface area contributed by atoms with Crippen molar-refractivity contribution in [2.24, 2.45) is 5.41 Å². The molecule has 2 aromatic rings. The minimum Gasteiger partial charge on any atom is -0.494 e. The molecule has 1 aliphatic carbocycles. The molecule has 0 bridgehead atoms. The molecule has 2 aromatic carbocycles. The molecule has 20 heavy (non-hydrogen) atoms. The molecule has 0 fully saturated rings. The molecule has 100 valence electrons. The zero-order chi connectivity index (χ0) is 13.8. The second-order valence-corrected chi connectivity index (χ2v) is 5.43. The predicted octanol–water partition coefficient (Wildman–Crippen LogP) is 3.76. The number of nitriles is 1. The van der Waals surface area contributed by atoms with Crippen molar-refractivity contribution >= 4 is 0 Å². The van der Waals surface area contributed by atoms with Gasteiger partial charge in [0.15, 0.2) is 0 Å². The molecule has 1 aliphatic rings. The lowest BCUT2D eigenvalue weighted by molar-refractivity contribution is 0.247. The monoisotopic (exact) mass is 263 g/mol. The zero-order valence-electron chi connectivity index (χ0n) is 11.4.